The van der Waals surface area contributed by atoms with Gasteiger partial charge in [-0.05, 0) is 38.1 Å². The van der Waals surface area contributed by atoms with Gasteiger partial charge in [0.15, 0.2) is 0 Å². The quantitative estimate of drug-likeness (QED) is 0.411. The monoisotopic (exact) mass is 425 g/mol. The van der Waals surface area contributed by atoms with Crippen molar-refractivity contribution in [3.63, 3.8) is 0 Å². The molecule has 0 bridgehead atoms. The summed E-state index contributed by atoms with van der Waals surface area (Å²) in [5.41, 5.74) is 1.60. The number of rotatable bonds is 7. The van der Waals surface area contributed by atoms with Crippen LogP contribution in [-0.4, -0.2) is 42.4 Å². The maximum absolute atomic E-state index is 12.4. The molecule has 150 valence electrons. The minimum Gasteiger partial charge on any atom is -0.465 e. The van der Waals surface area contributed by atoms with Gasteiger partial charge in [0, 0.05) is 28.6 Å². The zero-order valence-electron chi connectivity index (χ0n) is 15.9. The Bertz CT molecular complexity index is 928. The first-order valence-electron chi connectivity index (χ1n) is 8.23. The number of esters is 1. The van der Waals surface area contributed by atoms with E-state index in [9.17, 15) is 19.7 Å². The Kier molecular flexibility index (Phi) is 7.11. The summed E-state index contributed by atoms with van der Waals surface area (Å²) in [6.45, 7) is 3.92. The van der Waals surface area contributed by atoms with Crippen LogP contribution in [0.25, 0.3) is 0 Å². The summed E-state index contributed by atoms with van der Waals surface area (Å²) in [5.74, 6) is -0.829. The first-order valence-corrected chi connectivity index (χ1v) is 9.43. The number of hydrogen-bond acceptors (Lipinski definition) is 7. The maximum atomic E-state index is 12.4. The highest BCUT2D eigenvalue weighted by Crippen LogP contribution is 2.33. The predicted molar refractivity (Wildman–Crippen MR) is 108 cm³/mol. The molecule has 0 atom stereocenters. The van der Waals surface area contributed by atoms with Crippen LogP contribution in [0.5, 0.6) is 0 Å². The van der Waals surface area contributed by atoms with Crippen molar-refractivity contribution in [3.05, 3.63) is 54.9 Å². The number of halogens is 1. The van der Waals surface area contributed by atoms with Crippen LogP contribution < -0.4 is 5.32 Å². The van der Waals surface area contributed by atoms with Gasteiger partial charge in [-0.15, -0.1) is 11.3 Å². The zero-order chi connectivity index (χ0) is 21.0. The van der Waals surface area contributed by atoms with Gasteiger partial charge in [-0.1, -0.05) is 11.6 Å². The van der Waals surface area contributed by atoms with Crippen LogP contribution in [0.1, 0.15) is 26.4 Å². The Balaban J connectivity index is 2.08. The molecular weight excluding hydrogens is 406 g/mol. The van der Waals surface area contributed by atoms with Crippen LogP contribution in [-0.2, 0) is 16.1 Å². The number of nitro benzene ring substituents is 1. The lowest BCUT2D eigenvalue weighted by molar-refractivity contribution is -0.384. The third kappa shape index (κ3) is 5.06. The molecule has 0 saturated heterocycles. The summed E-state index contributed by atoms with van der Waals surface area (Å²) in [6.07, 6.45) is 0. The highest BCUT2D eigenvalue weighted by atomic mass is 35.5. The van der Waals surface area contributed by atoms with Crippen molar-refractivity contribution in [2.75, 3.05) is 26.0 Å². The Hall–Kier alpha value is -2.49. The second kappa shape index (κ2) is 9.13. The molecule has 1 N–H and O–H groups in total. The van der Waals surface area contributed by atoms with Crippen LogP contribution in [0.3, 0.4) is 0 Å². The van der Waals surface area contributed by atoms with Gasteiger partial charge in [-0.3, -0.25) is 19.8 Å². The van der Waals surface area contributed by atoms with E-state index in [0.29, 0.717) is 21.2 Å². The maximum Gasteiger partial charge on any atom is 0.341 e. The molecule has 0 aliphatic heterocycles. The summed E-state index contributed by atoms with van der Waals surface area (Å²) in [7, 11) is 2.98. The van der Waals surface area contributed by atoms with E-state index in [4.69, 9.17) is 16.3 Å². The number of amides is 1. The summed E-state index contributed by atoms with van der Waals surface area (Å²) < 4.78 is 4.79. The van der Waals surface area contributed by atoms with Gasteiger partial charge < -0.3 is 10.1 Å². The van der Waals surface area contributed by atoms with E-state index in [1.165, 1.54) is 36.6 Å². The number of likely N-dealkylation sites (N-methyl/N-ethyl adjacent to an activating group) is 1. The summed E-state index contributed by atoms with van der Waals surface area (Å²) in [5, 5.41) is 14.5. The molecule has 2 rings (SSSR count). The van der Waals surface area contributed by atoms with E-state index in [0.717, 1.165) is 10.4 Å². The van der Waals surface area contributed by atoms with Crippen LogP contribution in [0.4, 0.5) is 10.7 Å². The van der Waals surface area contributed by atoms with Gasteiger partial charge in [0.2, 0.25) is 5.91 Å². The number of benzene rings is 1. The molecular formula is C18H20ClN3O5S. The van der Waals surface area contributed by atoms with Gasteiger partial charge in [0.05, 0.1) is 24.1 Å². The second-order valence-electron chi connectivity index (χ2n) is 6.23. The smallest absolute Gasteiger partial charge is 0.341 e. The van der Waals surface area contributed by atoms with Crippen molar-refractivity contribution in [2.45, 2.75) is 20.4 Å². The number of hydrogen-bond donors (Lipinski definition) is 1. The van der Waals surface area contributed by atoms with Crippen molar-refractivity contribution in [1.29, 1.82) is 0 Å². The number of nitrogens with zero attached hydrogens (tertiary/aromatic N) is 2. The van der Waals surface area contributed by atoms with Crippen molar-refractivity contribution in [1.82, 2.24) is 4.90 Å². The Morgan fingerprint density at radius 1 is 1.36 bits per heavy atom. The highest BCUT2D eigenvalue weighted by Gasteiger charge is 2.22. The van der Waals surface area contributed by atoms with E-state index in [1.54, 1.807) is 18.9 Å². The molecule has 28 heavy (non-hydrogen) atoms. The number of anilines is 1. The number of aryl methyl sites for hydroxylation is 1. The number of methoxy groups -OCH3 is 1. The molecule has 1 aromatic carbocycles. The van der Waals surface area contributed by atoms with Gasteiger partial charge in [-0.25, -0.2) is 4.79 Å². The van der Waals surface area contributed by atoms with Gasteiger partial charge in [-0.2, -0.15) is 0 Å². The molecule has 0 saturated carbocycles. The standard InChI is InChI=1S/C18H20ClN3O5S/c1-10-11(2)28-17(16(10)18(24)27-4)20-15(23)9-21(3)8-12-7-13(22(25)26)5-6-14(12)19/h5-7H,8-9H2,1-4H3,(H,20,23). The van der Waals surface area contributed by atoms with Crippen LogP contribution in [0, 0.1) is 24.0 Å². The zero-order valence-corrected chi connectivity index (χ0v) is 17.4. The van der Waals surface area contributed by atoms with E-state index in [-0.39, 0.29) is 24.7 Å². The van der Waals surface area contributed by atoms with Crippen molar-refractivity contribution in [2.24, 2.45) is 0 Å². The van der Waals surface area contributed by atoms with Gasteiger partial charge in [0.25, 0.3) is 5.69 Å². The number of carbonyl (C=O) groups is 2. The van der Waals surface area contributed by atoms with E-state index in [2.05, 4.69) is 5.32 Å². The molecule has 1 heterocycles. The largest absolute Gasteiger partial charge is 0.465 e. The van der Waals surface area contributed by atoms with Crippen LogP contribution in [0.15, 0.2) is 18.2 Å². The molecule has 1 amide bonds. The molecule has 0 aliphatic carbocycles. The molecule has 2 aromatic rings. The fourth-order valence-electron chi connectivity index (χ4n) is 2.62. The molecule has 0 aliphatic rings. The average Bonchev–Trinajstić information content (AvgIpc) is 2.89. The molecule has 8 nitrogen and oxygen atoms in total. The molecule has 0 spiro atoms. The minimum absolute atomic E-state index is 0.00955. The first-order chi connectivity index (χ1) is 13.1. The second-order valence-corrected chi connectivity index (χ2v) is 7.86. The number of nitrogens with one attached hydrogen (secondary N) is 1. The summed E-state index contributed by atoms with van der Waals surface area (Å²) >= 11 is 7.41. The van der Waals surface area contributed by atoms with Gasteiger partial charge in [0.1, 0.15) is 5.00 Å². The van der Waals surface area contributed by atoms with Crippen molar-refractivity contribution in [3.8, 4) is 0 Å². The highest BCUT2D eigenvalue weighted by molar-refractivity contribution is 7.16. The lowest BCUT2D eigenvalue weighted by Gasteiger charge is -2.17. The topological polar surface area (TPSA) is 102 Å². The molecule has 0 unspecified atom stereocenters. The third-order valence-corrected chi connectivity index (χ3v) is 5.61. The third-order valence-electron chi connectivity index (χ3n) is 4.12. The number of nitro groups is 1. The Morgan fingerprint density at radius 2 is 2.04 bits per heavy atom. The Morgan fingerprint density at radius 3 is 2.64 bits per heavy atom. The van der Waals surface area contributed by atoms with E-state index < -0.39 is 10.9 Å². The Labute approximate surface area is 171 Å². The van der Waals surface area contributed by atoms with Crippen molar-refractivity contribution >= 4 is 45.5 Å². The van der Waals surface area contributed by atoms with Gasteiger partial charge >= 0.3 is 5.97 Å². The van der Waals surface area contributed by atoms with Crippen LogP contribution >= 0.6 is 22.9 Å². The number of thiophene rings is 1. The number of ether oxygens (including phenoxy) is 1. The lowest BCUT2D eigenvalue weighted by Crippen LogP contribution is -2.30. The first kappa shape index (κ1) is 21.8. The SMILES string of the molecule is COC(=O)c1c(NC(=O)CN(C)Cc2cc([N+](=O)[O-])ccc2Cl)sc(C)c1C. The predicted octanol–water partition coefficient (Wildman–Crippen LogP) is 3.78. The summed E-state index contributed by atoms with van der Waals surface area (Å²) in [6, 6.07) is 4.18. The van der Waals surface area contributed by atoms with E-state index in [1.807, 2.05) is 6.92 Å². The molecule has 10 heteroatoms. The number of carbonyl (C=O) groups excluding carboxylic acids is 2. The summed E-state index contributed by atoms with van der Waals surface area (Å²) in [4.78, 5) is 37.4. The molecule has 1 aromatic heterocycles. The fourth-order valence-corrected chi connectivity index (χ4v) is 3.86. The van der Waals surface area contributed by atoms with Crippen molar-refractivity contribution < 1.29 is 19.2 Å². The molecule has 0 fully saturated rings. The molecule has 0 radical (unpaired) electrons. The fraction of sp³-hybridized carbons (Fsp3) is 0.333. The van der Waals surface area contributed by atoms with Crippen LogP contribution in [0.2, 0.25) is 5.02 Å². The number of non-ortho nitro benzene ring substituents is 1. The lowest BCUT2D eigenvalue weighted by atomic mass is 10.1. The van der Waals surface area contributed by atoms with E-state index >= 15 is 0 Å². The minimum atomic E-state index is -0.506. The normalized spacial score (nSPS) is 10.8. The average molecular weight is 426 g/mol.